The molecule has 0 fully saturated rings. The second-order valence-corrected chi connectivity index (χ2v) is 3.87. The first-order valence-electron chi connectivity index (χ1n) is 5.84. The minimum absolute atomic E-state index is 0.0681. The third kappa shape index (κ3) is 3.06. The summed E-state index contributed by atoms with van der Waals surface area (Å²) < 4.78 is 5.52. The fourth-order valence-corrected chi connectivity index (χ4v) is 1.66. The first kappa shape index (κ1) is 11.6. The molecule has 2 rings (SSSR count). The molecule has 0 saturated carbocycles. The molecular formula is C13H16N2O2. The zero-order valence-electron chi connectivity index (χ0n) is 9.93. The van der Waals surface area contributed by atoms with Gasteiger partial charge in [0.1, 0.15) is 12.4 Å². The van der Waals surface area contributed by atoms with Gasteiger partial charge in [-0.3, -0.25) is 4.79 Å². The molecule has 4 heteroatoms. The molecule has 1 aromatic rings. The van der Waals surface area contributed by atoms with Crippen LogP contribution in [-0.4, -0.2) is 29.8 Å². The highest BCUT2D eigenvalue weighted by molar-refractivity contribution is 6.04. The summed E-state index contributed by atoms with van der Waals surface area (Å²) >= 11 is 0. The number of hydrogen-bond donors (Lipinski definition) is 0. The molecule has 1 amide bonds. The average molecular weight is 232 g/mol. The van der Waals surface area contributed by atoms with Crippen molar-refractivity contribution in [3.8, 4) is 5.75 Å². The number of benzene rings is 1. The maximum atomic E-state index is 11.5. The van der Waals surface area contributed by atoms with Crippen molar-refractivity contribution >= 4 is 11.6 Å². The van der Waals surface area contributed by atoms with Crippen LogP contribution in [0.2, 0.25) is 0 Å². The first-order chi connectivity index (χ1) is 8.29. The Morgan fingerprint density at radius 1 is 1.35 bits per heavy atom. The average Bonchev–Trinajstić information content (AvgIpc) is 2.72. The number of nitrogens with zero attached hydrogens (tertiary/aromatic N) is 2. The quantitative estimate of drug-likeness (QED) is 0.779. The van der Waals surface area contributed by atoms with Gasteiger partial charge in [0.2, 0.25) is 5.91 Å². The second kappa shape index (κ2) is 5.48. The molecule has 1 heterocycles. The van der Waals surface area contributed by atoms with Gasteiger partial charge in [-0.2, -0.15) is 5.10 Å². The largest absolute Gasteiger partial charge is 0.492 e. The van der Waals surface area contributed by atoms with Crippen LogP contribution >= 0.6 is 0 Å². The van der Waals surface area contributed by atoms with E-state index in [9.17, 15) is 4.79 Å². The van der Waals surface area contributed by atoms with E-state index >= 15 is 0 Å². The van der Waals surface area contributed by atoms with Gasteiger partial charge < -0.3 is 4.74 Å². The normalized spacial score (nSPS) is 15.0. The Bertz CT molecular complexity index is 415. The van der Waals surface area contributed by atoms with Gasteiger partial charge in [-0.25, -0.2) is 5.01 Å². The lowest BCUT2D eigenvalue weighted by Crippen LogP contribution is -2.25. The molecule has 0 unspecified atom stereocenters. The van der Waals surface area contributed by atoms with Gasteiger partial charge in [0, 0.05) is 5.71 Å². The number of hydrogen-bond acceptors (Lipinski definition) is 3. The molecule has 1 aromatic carbocycles. The Kier molecular flexibility index (Phi) is 3.75. The van der Waals surface area contributed by atoms with Crippen LogP contribution in [0.5, 0.6) is 5.75 Å². The van der Waals surface area contributed by atoms with Gasteiger partial charge in [0.15, 0.2) is 0 Å². The zero-order valence-corrected chi connectivity index (χ0v) is 9.93. The third-order valence-corrected chi connectivity index (χ3v) is 2.63. The maximum absolute atomic E-state index is 11.5. The lowest BCUT2D eigenvalue weighted by Gasteiger charge is -2.12. The summed E-state index contributed by atoms with van der Waals surface area (Å²) in [5.74, 6) is 0.886. The number of ether oxygens (including phenoxy) is 1. The molecule has 0 aliphatic carbocycles. The number of rotatable bonds is 5. The third-order valence-electron chi connectivity index (χ3n) is 2.63. The Balaban J connectivity index is 1.79. The Hall–Kier alpha value is -1.84. The van der Waals surface area contributed by atoms with E-state index in [0.717, 1.165) is 17.9 Å². The van der Waals surface area contributed by atoms with Crippen molar-refractivity contribution in [3.63, 3.8) is 0 Å². The minimum atomic E-state index is 0.0681. The molecule has 90 valence electrons. The van der Waals surface area contributed by atoms with Gasteiger partial charge in [-0.15, -0.1) is 0 Å². The molecule has 0 radical (unpaired) electrons. The van der Waals surface area contributed by atoms with Crippen LogP contribution in [0, 0.1) is 0 Å². The molecule has 4 nitrogen and oxygen atoms in total. The Morgan fingerprint density at radius 2 is 2.12 bits per heavy atom. The van der Waals surface area contributed by atoms with E-state index in [4.69, 9.17) is 4.74 Å². The first-order valence-corrected chi connectivity index (χ1v) is 5.84. The highest BCUT2D eigenvalue weighted by Crippen LogP contribution is 2.11. The predicted molar refractivity (Wildman–Crippen MR) is 66.0 cm³/mol. The van der Waals surface area contributed by atoms with Crippen molar-refractivity contribution in [2.75, 3.05) is 13.2 Å². The lowest BCUT2D eigenvalue weighted by molar-refractivity contribution is -0.129. The molecule has 0 aromatic heterocycles. The summed E-state index contributed by atoms with van der Waals surface area (Å²) in [6.45, 7) is 2.99. The second-order valence-electron chi connectivity index (χ2n) is 3.87. The van der Waals surface area contributed by atoms with E-state index in [-0.39, 0.29) is 5.91 Å². The Morgan fingerprint density at radius 3 is 2.76 bits per heavy atom. The fourth-order valence-electron chi connectivity index (χ4n) is 1.66. The number of hydrazone groups is 1. The highest BCUT2D eigenvalue weighted by Gasteiger charge is 2.21. The van der Waals surface area contributed by atoms with E-state index in [1.54, 1.807) is 0 Å². The number of para-hydroxylation sites is 1. The van der Waals surface area contributed by atoms with Gasteiger partial charge in [-0.1, -0.05) is 25.1 Å². The van der Waals surface area contributed by atoms with Gasteiger partial charge >= 0.3 is 0 Å². The summed E-state index contributed by atoms with van der Waals surface area (Å²) in [7, 11) is 0. The maximum Gasteiger partial charge on any atom is 0.248 e. The van der Waals surface area contributed by atoms with Crippen LogP contribution in [0.3, 0.4) is 0 Å². The SMILES string of the molecule is CCC1=NN(CCOc2ccccc2)C(=O)C1. The van der Waals surface area contributed by atoms with Crippen LogP contribution in [0.15, 0.2) is 35.4 Å². The molecule has 0 atom stereocenters. The van der Waals surface area contributed by atoms with Crippen molar-refractivity contribution < 1.29 is 9.53 Å². The summed E-state index contributed by atoms with van der Waals surface area (Å²) in [6, 6.07) is 9.57. The highest BCUT2D eigenvalue weighted by atomic mass is 16.5. The molecule has 1 aliphatic rings. The van der Waals surface area contributed by atoms with E-state index in [0.29, 0.717) is 19.6 Å². The van der Waals surface area contributed by atoms with Gasteiger partial charge in [0.05, 0.1) is 13.0 Å². The molecule has 0 N–H and O–H groups in total. The number of carbonyl (C=O) groups is 1. The summed E-state index contributed by atoms with van der Waals surface area (Å²) in [5.41, 5.74) is 0.953. The van der Waals surface area contributed by atoms with Crippen molar-refractivity contribution in [1.82, 2.24) is 5.01 Å². The minimum Gasteiger partial charge on any atom is -0.492 e. The van der Waals surface area contributed by atoms with Crippen LogP contribution in [-0.2, 0) is 4.79 Å². The lowest BCUT2D eigenvalue weighted by atomic mass is 10.2. The fraction of sp³-hybridized carbons (Fsp3) is 0.385. The standard InChI is InChI=1S/C13H16N2O2/c1-2-11-10-13(16)15(14-11)8-9-17-12-6-4-3-5-7-12/h3-7H,2,8-10H2,1H3. The van der Waals surface area contributed by atoms with Crippen molar-refractivity contribution in [1.29, 1.82) is 0 Å². The molecular weight excluding hydrogens is 216 g/mol. The predicted octanol–water partition coefficient (Wildman–Crippen LogP) is 2.06. The van der Waals surface area contributed by atoms with Crippen LogP contribution in [0.4, 0.5) is 0 Å². The van der Waals surface area contributed by atoms with Crippen molar-refractivity contribution in [3.05, 3.63) is 30.3 Å². The van der Waals surface area contributed by atoms with E-state index in [1.165, 1.54) is 5.01 Å². The summed E-state index contributed by atoms with van der Waals surface area (Å²) in [6.07, 6.45) is 1.30. The van der Waals surface area contributed by atoms with Crippen LogP contribution < -0.4 is 4.74 Å². The van der Waals surface area contributed by atoms with Crippen LogP contribution in [0.1, 0.15) is 19.8 Å². The molecule has 0 spiro atoms. The van der Waals surface area contributed by atoms with Gasteiger partial charge in [0.25, 0.3) is 0 Å². The smallest absolute Gasteiger partial charge is 0.248 e. The summed E-state index contributed by atoms with van der Waals surface area (Å²) in [4.78, 5) is 11.5. The molecule has 0 saturated heterocycles. The van der Waals surface area contributed by atoms with E-state index < -0.39 is 0 Å². The van der Waals surface area contributed by atoms with Gasteiger partial charge in [-0.05, 0) is 18.6 Å². The summed E-state index contributed by atoms with van der Waals surface area (Å²) in [5, 5.41) is 5.74. The zero-order chi connectivity index (χ0) is 12.1. The monoisotopic (exact) mass is 232 g/mol. The van der Waals surface area contributed by atoms with E-state index in [2.05, 4.69) is 5.10 Å². The van der Waals surface area contributed by atoms with Crippen LogP contribution in [0.25, 0.3) is 0 Å². The number of amides is 1. The van der Waals surface area contributed by atoms with Crippen molar-refractivity contribution in [2.24, 2.45) is 5.10 Å². The number of carbonyl (C=O) groups excluding carboxylic acids is 1. The topological polar surface area (TPSA) is 41.9 Å². The molecule has 1 aliphatic heterocycles. The Labute approximate surface area is 101 Å². The molecule has 17 heavy (non-hydrogen) atoms. The molecule has 0 bridgehead atoms. The van der Waals surface area contributed by atoms with E-state index in [1.807, 2.05) is 37.3 Å². The van der Waals surface area contributed by atoms with Crippen molar-refractivity contribution in [2.45, 2.75) is 19.8 Å².